The molecule has 0 aromatic heterocycles. The van der Waals surface area contributed by atoms with E-state index in [1.54, 1.807) is 27.1 Å². The second kappa shape index (κ2) is 8.86. The lowest BCUT2D eigenvalue weighted by atomic mass is 9.84. The molecule has 10 heteroatoms. The zero-order chi connectivity index (χ0) is 24.9. The number of fused-ring (bicyclic) bond motifs is 2. The van der Waals surface area contributed by atoms with Crippen LogP contribution < -0.4 is 15.4 Å². The average molecular weight is 476 g/mol. The lowest BCUT2D eigenvalue weighted by Gasteiger charge is -2.47. The summed E-state index contributed by atoms with van der Waals surface area (Å²) in [6, 6.07) is 0.380. The lowest BCUT2D eigenvalue weighted by Crippen LogP contribution is -2.69. The molecule has 4 rings (SSSR count). The molecule has 7 atom stereocenters. The largest absolute Gasteiger partial charge is 0.505 e. The van der Waals surface area contributed by atoms with E-state index in [1.807, 2.05) is 19.1 Å². The molecular weight excluding hydrogens is 442 g/mol. The summed E-state index contributed by atoms with van der Waals surface area (Å²) in [6.45, 7) is 6.70. The van der Waals surface area contributed by atoms with Crippen LogP contribution in [0.4, 0.5) is 5.69 Å². The monoisotopic (exact) mass is 475 g/mol. The van der Waals surface area contributed by atoms with Gasteiger partial charge in [-0.15, -0.1) is 0 Å². The Balaban J connectivity index is 1.70. The van der Waals surface area contributed by atoms with Gasteiger partial charge in [0.25, 0.3) is 5.91 Å². The Bertz CT molecular complexity index is 1040. The van der Waals surface area contributed by atoms with Gasteiger partial charge in [0.1, 0.15) is 29.4 Å². The number of anilines is 1. The van der Waals surface area contributed by atoms with Crippen molar-refractivity contribution in [3.05, 3.63) is 41.1 Å². The molecule has 1 fully saturated rings. The minimum Gasteiger partial charge on any atom is -0.505 e. The Hall–Kier alpha value is -2.63. The summed E-state index contributed by atoms with van der Waals surface area (Å²) in [7, 11) is 1.66. The van der Waals surface area contributed by atoms with Crippen LogP contribution >= 0.6 is 0 Å². The van der Waals surface area contributed by atoms with Gasteiger partial charge in [-0.2, -0.15) is 0 Å². The van der Waals surface area contributed by atoms with Crippen LogP contribution in [-0.2, 0) is 4.74 Å². The highest BCUT2D eigenvalue weighted by Gasteiger charge is 2.52. The number of aliphatic hydroxyl groups excluding tert-OH is 2. The highest BCUT2D eigenvalue weighted by atomic mass is 16.7. The molecule has 1 aromatic carbocycles. The fourth-order valence-electron chi connectivity index (χ4n) is 5.07. The number of rotatable bonds is 4. The zero-order valence-corrected chi connectivity index (χ0v) is 19.9. The van der Waals surface area contributed by atoms with Gasteiger partial charge in [-0.25, -0.2) is 0 Å². The summed E-state index contributed by atoms with van der Waals surface area (Å²) in [5.74, 6) is -0.549. The topological polar surface area (TPSA) is 144 Å². The Morgan fingerprint density at radius 2 is 2.09 bits per heavy atom. The second-order valence-corrected chi connectivity index (χ2v) is 9.31. The van der Waals surface area contributed by atoms with E-state index in [2.05, 4.69) is 10.6 Å². The third-order valence-electron chi connectivity index (χ3n) is 6.97. The fraction of sp³-hybridized carbons (Fsp3) is 0.542. The van der Waals surface area contributed by atoms with E-state index < -0.39 is 48.3 Å². The second-order valence-electron chi connectivity index (χ2n) is 9.31. The van der Waals surface area contributed by atoms with Gasteiger partial charge in [-0.3, -0.25) is 4.79 Å². The van der Waals surface area contributed by atoms with Crippen LogP contribution in [0.2, 0.25) is 0 Å². The predicted molar refractivity (Wildman–Crippen MR) is 124 cm³/mol. The van der Waals surface area contributed by atoms with E-state index in [-0.39, 0.29) is 28.3 Å². The van der Waals surface area contributed by atoms with Gasteiger partial charge in [0.05, 0.1) is 29.4 Å². The van der Waals surface area contributed by atoms with Crippen molar-refractivity contribution in [2.45, 2.75) is 76.5 Å². The average Bonchev–Trinajstić information content (AvgIpc) is 3.17. The first-order chi connectivity index (χ1) is 16.0. The van der Waals surface area contributed by atoms with Gasteiger partial charge in [-0.1, -0.05) is 12.2 Å². The standard InChI is InChI=1S/C24H33N3O7/c1-6-7-13-8-15-21(30)26-17-14(22(31)27(15)10-13)9-16(11(2)18(17)28)34-23-20(29)24(4,32)19(25-5)12(3)33-23/h6-7,9-10,12,15,19-21,23,25-26,28-30,32H,8H2,1-5H3/b7-6+/t12?,15-,19?,20?,21?,23?,24?/m0/s1. The molecule has 3 aliphatic rings. The van der Waals surface area contributed by atoms with Crippen LogP contribution in [0.15, 0.2) is 30.0 Å². The molecule has 1 saturated heterocycles. The van der Waals surface area contributed by atoms with Crippen molar-refractivity contribution >= 4 is 11.6 Å². The lowest BCUT2D eigenvalue weighted by molar-refractivity contribution is -0.272. The van der Waals surface area contributed by atoms with Crippen LogP contribution in [0.25, 0.3) is 0 Å². The Kier molecular flexibility index (Phi) is 6.38. The van der Waals surface area contributed by atoms with E-state index in [0.717, 1.165) is 5.57 Å². The molecule has 10 nitrogen and oxygen atoms in total. The summed E-state index contributed by atoms with van der Waals surface area (Å²) >= 11 is 0. The third kappa shape index (κ3) is 3.85. The molecule has 186 valence electrons. The van der Waals surface area contributed by atoms with Gasteiger partial charge in [-0.05, 0) is 52.8 Å². The molecule has 0 radical (unpaired) electrons. The maximum atomic E-state index is 13.4. The SMILES string of the molecule is C/C=C/C1=CN2C(=O)c3cc(OC4OC(C)C(NC)C(C)(O)C4O)c(C)c(O)c3NC(O)[C@@H]2C1. The van der Waals surface area contributed by atoms with Crippen molar-refractivity contribution in [2.75, 3.05) is 12.4 Å². The van der Waals surface area contributed by atoms with Crippen molar-refractivity contribution in [2.24, 2.45) is 0 Å². The number of carbonyl (C=O) groups is 1. The molecule has 3 heterocycles. The predicted octanol–water partition coefficient (Wildman–Crippen LogP) is 0.943. The number of aliphatic hydroxyl groups is 3. The highest BCUT2D eigenvalue weighted by molar-refractivity contribution is 6.03. The normalized spacial score (nSPS) is 35.5. The molecule has 0 bridgehead atoms. The number of ether oxygens (including phenoxy) is 2. The van der Waals surface area contributed by atoms with E-state index in [0.29, 0.717) is 6.42 Å². The molecule has 34 heavy (non-hydrogen) atoms. The quantitative estimate of drug-likeness (QED) is 0.351. The third-order valence-corrected chi connectivity index (χ3v) is 6.97. The first-order valence-corrected chi connectivity index (χ1v) is 11.4. The number of likely N-dealkylation sites (N-methyl/N-ethyl adjacent to an activating group) is 1. The van der Waals surface area contributed by atoms with Crippen LogP contribution in [-0.4, -0.2) is 80.7 Å². The minimum absolute atomic E-state index is 0.107. The van der Waals surface area contributed by atoms with Gasteiger partial charge in [0.2, 0.25) is 6.29 Å². The number of hydrogen-bond donors (Lipinski definition) is 6. The Labute approximate surface area is 198 Å². The molecule has 1 amide bonds. The number of allylic oxidation sites excluding steroid dienone is 2. The first-order valence-electron chi connectivity index (χ1n) is 11.4. The molecule has 0 saturated carbocycles. The van der Waals surface area contributed by atoms with Crippen molar-refractivity contribution in [1.82, 2.24) is 10.2 Å². The summed E-state index contributed by atoms with van der Waals surface area (Å²) in [5, 5.41) is 49.1. The Morgan fingerprint density at radius 1 is 1.38 bits per heavy atom. The Morgan fingerprint density at radius 3 is 2.74 bits per heavy atom. The zero-order valence-electron chi connectivity index (χ0n) is 19.9. The van der Waals surface area contributed by atoms with Crippen LogP contribution in [0, 0.1) is 6.92 Å². The van der Waals surface area contributed by atoms with Crippen molar-refractivity contribution in [3.63, 3.8) is 0 Å². The van der Waals surface area contributed by atoms with E-state index in [4.69, 9.17) is 9.47 Å². The number of phenolic OH excluding ortho intramolecular Hbond substituents is 1. The number of aromatic hydroxyl groups is 1. The number of benzene rings is 1. The number of nitrogens with zero attached hydrogens (tertiary/aromatic N) is 1. The summed E-state index contributed by atoms with van der Waals surface area (Å²) in [5.41, 5.74) is -0.157. The molecule has 6 unspecified atom stereocenters. The molecule has 0 spiro atoms. The van der Waals surface area contributed by atoms with Crippen molar-refractivity contribution < 1.29 is 34.7 Å². The first kappa shape index (κ1) is 24.5. The summed E-state index contributed by atoms with van der Waals surface area (Å²) in [6.07, 6.45) is 1.64. The molecule has 0 aliphatic carbocycles. The smallest absolute Gasteiger partial charge is 0.260 e. The van der Waals surface area contributed by atoms with Crippen LogP contribution in [0.1, 0.15) is 43.1 Å². The van der Waals surface area contributed by atoms with Gasteiger partial charge < -0.3 is 45.4 Å². The van der Waals surface area contributed by atoms with Gasteiger partial charge in [0.15, 0.2) is 0 Å². The maximum Gasteiger partial charge on any atom is 0.260 e. The number of hydrogen-bond acceptors (Lipinski definition) is 9. The van der Waals surface area contributed by atoms with Gasteiger partial charge in [0, 0.05) is 11.8 Å². The van der Waals surface area contributed by atoms with E-state index >= 15 is 0 Å². The number of carbonyl (C=O) groups excluding carboxylic acids is 1. The molecule has 1 aromatic rings. The fourth-order valence-corrected chi connectivity index (χ4v) is 5.07. The van der Waals surface area contributed by atoms with Gasteiger partial charge >= 0.3 is 0 Å². The van der Waals surface area contributed by atoms with E-state index in [9.17, 15) is 25.2 Å². The summed E-state index contributed by atoms with van der Waals surface area (Å²) in [4.78, 5) is 14.9. The number of phenols is 1. The van der Waals surface area contributed by atoms with Crippen molar-refractivity contribution in [3.8, 4) is 11.5 Å². The molecular formula is C24H33N3O7. The maximum absolute atomic E-state index is 13.4. The van der Waals surface area contributed by atoms with Crippen LogP contribution in [0.5, 0.6) is 11.5 Å². The minimum atomic E-state index is -1.56. The molecule has 3 aliphatic heterocycles. The van der Waals surface area contributed by atoms with E-state index in [1.165, 1.54) is 17.9 Å². The molecule has 6 N–H and O–H groups in total. The number of amides is 1. The van der Waals surface area contributed by atoms with Crippen molar-refractivity contribution in [1.29, 1.82) is 0 Å². The number of nitrogens with one attached hydrogen (secondary N) is 2. The van der Waals surface area contributed by atoms with Crippen LogP contribution in [0.3, 0.4) is 0 Å². The highest BCUT2D eigenvalue weighted by Crippen LogP contribution is 2.43. The summed E-state index contributed by atoms with van der Waals surface area (Å²) < 4.78 is 11.7.